The van der Waals surface area contributed by atoms with Crippen molar-refractivity contribution in [3.63, 3.8) is 0 Å². The molecule has 0 aliphatic heterocycles. The van der Waals surface area contributed by atoms with E-state index in [1.54, 1.807) is 11.8 Å². The van der Waals surface area contributed by atoms with Crippen LogP contribution in [-0.2, 0) is 0 Å². The van der Waals surface area contributed by atoms with E-state index in [4.69, 9.17) is 0 Å². The maximum absolute atomic E-state index is 9.29. The van der Waals surface area contributed by atoms with E-state index in [1.807, 2.05) is 20.8 Å². The Hall–Kier alpha value is -1.12. The van der Waals surface area contributed by atoms with Crippen LogP contribution in [0.3, 0.4) is 0 Å². The van der Waals surface area contributed by atoms with E-state index in [-0.39, 0.29) is 0 Å². The van der Waals surface area contributed by atoms with Crippen molar-refractivity contribution >= 4 is 11.8 Å². The second kappa shape index (κ2) is 8.35. The number of hydrogen-bond acceptors (Lipinski definition) is 5. The lowest BCUT2D eigenvalue weighted by Crippen LogP contribution is -2.41. The molecule has 0 saturated heterocycles. The fourth-order valence-electron chi connectivity index (χ4n) is 1.98. The quantitative estimate of drug-likeness (QED) is 0.452. The maximum atomic E-state index is 9.29. The third kappa shape index (κ3) is 5.64. The van der Waals surface area contributed by atoms with Crippen molar-refractivity contribution in [2.45, 2.75) is 64.6 Å². The minimum atomic E-state index is -0.420. The Balaban J connectivity index is 2.45. The third-order valence-corrected chi connectivity index (χ3v) is 4.61. The molecule has 0 spiro atoms. The number of nitrogens with zero attached hydrogens (tertiary/aromatic N) is 3. The lowest BCUT2D eigenvalue weighted by atomic mass is 9.98. The number of aryl methyl sites for hydroxylation is 2. The Morgan fingerprint density at radius 3 is 2.38 bits per heavy atom. The molecule has 0 aliphatic carbocycles. The van der Waals surface area contributed by atoms with Crippen LogP contribution in [-0.4, -0.2) is 27.8 Å². The van der Waals surface area contributed by atoms with Gasteiger partial charge in [0.2, 0.25) is 0 Å². The largest absolute Gasteiger partial charge is 0.300 e. The summed E-state index contributed by atoms with van der Waals surface area (Å²) in [5.74, 6) is 0.938. The fourth-order valence-corrected chi connectivity index (χ4v) is 2.85. The van der Waals surface area contributed by atoms with Crippen LogP contribution in [0, 0.1) is 32.1 Å². The van der Waals surface area contributed by atoms with Gasteiger partial charge in [0.1, 0.15) is 5.54 Å². The molecule has 0 saturated carbocycles. The second-order valence-corrected chi connectivity index (χ2v) is 6.69. The molecule has 116 valence electrons. The highest BCUT2D eigenvalue weighted by Crippen LogP contribution is 2.20. The Bertz CT molecular complexity index is 486. The van der Waals surface area contributed by atoms with Crippen LogP contribution in [0.25, 0.3) is 0 Å². The Labute approximate surface area is 132 Å². The molecule has 0 aromatic carbocycles. The molecule has 21 heavy (non-hydrogen) atoms. The number of hydrogen-bond donors (Lipinski definition) is 1. The highest BCUT2D eigenvalue weighted by atomic mass is 32.2. The summed E-state index contributed by atoms with van der Waals surface area (Å²) < 4.78 is 0. The maximum Gasteiger partial charge on any atom is 0.187 e. The van der Waals surface area contributed by atoms with Gasteiger partial charge in [0.05, 0.1) is 6.07 Å². The van der Waals surface area contributed by atoms with Gasteiger partial charge in [-0.2, -0.15) is 5.26 Å². The predicted molar refractivity (Wildman–Crippen MR) is 88.5 cm³/mol. The molecular weight excluding hydrogens is 280 g/mol. The van der Waals surface area contributed by atoms with Crippen molar-refractivity contribution in [2.24, 2.45) is 0 Å². The summed E-state index contributed by atoms with van der Waals surface area (Å²) in [7, 11) is 0. The molecular formula is C16H26N4S. The lowest BCUT2D eigenvalue weighted by Gasteiger charge is -2.22. The first-order valence-electron chi connectivity index (χ1n) is 7.53. The number of thioether (sulfide) groups is 1. The molecule has 4 nitrogen and oxygen atoms in total. The SMILES string of the molecule is CCCNC(C)(C#N)CCCSc1nc(C)c(C)c(C)n1. The Kier molecular flexibility index (Phi) is 7.13. The van der Waals surface area contributed by atoms with E-state index in [2.05, 4.69) is 35.2 Å². The van der Waals surface area contributed by atoms with E-state index in [0.29, 0.717) is 0 Å². The van der Waals surface area contributed by atoms with Crippen LogP contribution in [0.1, 0.15) is 50.1 Å². The summed E-state index contributed by atoms with van der Waals surface area (Å²) in [6, 6.07) is 2.39. The first-order valence-corrected chi connectivity index (χ1v) is 8.51. The zero-order valence-electron chi connectivity index (χ0n) is 13.8. The van der Waals surface area contributed by atoms with Gasteiger partial charge >= 0.3 is 0 Å². The molecule has 0 bridgehead atoms. The second-order valence-electron chi connectivity index (χ2n) is 5.62. The van der Waals surface area contributed by atoms with E-state index in [1.165, 1.54) is 5.56 Å². The fraction of sp³-hybridized carbons (Fsp3) is 0.688. The van der Waals surface area contributed by atoms with Gasteiger partial charge < -0.3 is 0 Å². The smallest absolute Gasteiger partial charge is 0.187 e. The molecule has 1 heterocycles. The average molecular weight is 306 g/mol. The van der Waals surface area contributed by atoms with Crippen LogP contribution in [0.5, 0.6) is 0 Å². The Morgan fingerprint density at radius 2 is 1.86 bits per heavy atom. The lowest BCUT2D eigenvalue weighted by molar-refractivity contribution is 0.415. The van der Waals surface area contributed by atoms with Crippen LogP contribution < -0.4 is 5.32 Å². The van der Waals surface area contributed by atoms with E-state index >= 15 is 0 Å². The minimum absolute atomic E-state index is 0.420. The first kappa shape index (κ1) is 17.9. The van der Waals surface area contributed by atoms with E-state index < -0.39 is 5.54 Å². The van der Waals surface area contributed by atoms with Crippen molar-refractivity contribution < 1.29 is 0 Å². The molecule has 0 aliphatic rings. The normalized spacial score (nSPS) is 13.7. The van der Waals surface area contributed by atoms with Gasteiger partial charge in [-0.25, -0.2) is 9.97 Å². The van der Waals surface area contributed by atoms with Gasteiger partial charge in [-0.05, 0) is 59.1 Å². The van der Waals surface area contributed by atoms with Crippen molar-refractivity contribution in [2.75, 3.05) is 12.3 Å². The number of rotatable bonds is 8. The van der Waals surface area contributed by atoms with Gasteiger partial charge in [-0.1, -0.05) is 18.7 Å². The summed E-state index contributed by atoms with van der Waals surface area (Å²) in [6.07, 6.45) is 2.86. The zero-order chi connectivity index (χ0) is 15.9. The van der Waals surface area contributed by atoms with Crippen molar-refractivity contribution in [1.29, 1.82) is 5.26 Å². The molecule has 0 fully saturated rings. The molecule has 0 amide bonds. The van der Waals surface area contributed by atoms with E-state index in [0.717, 1.165) is 48.1 Å². The topological polar surface area (TPSA) is 61.6 Å². The van der Waals surface area contributed by atoms with Crippen molar-refractivity contribution in [3.8, 4) is 6.07 Å². The minimum Gasteiger partial charge on any atom is -0.300 e. The molecule has 1 unspecified atom stereocenters. The highest BCUT2D eigenvalue weighted by molar-refractivity contribution is 7.99. The number of aromatic nitrogens is 2. The van der Waals surface area contributed by atoms with Crippen molar-refractivity contribution in [3.05, 3.63) is 17.0 Å². The summed E-state index contributed by atoms with van der Waals surface area (Å²) in [5, 5.41) is 13.4. The summed E-state index contributed by atoms with van der Waals surface area (Å²) >= 11 is 1.67. The highest BCUT2D eigenvalue weighted by Gasteiger charge is 2.21. The third-order valence-electron chi connectivity index (χ3n) is 3.68. The summed E-state index contributed by atoms with van der Waals surface area (Å²) in [5.41, 5.74) is 2.85. The van der Waals surface area contributed by atoms with Crippen LogP contribution in [0.2, 0.25) is 0 Å². The molecule has 1 atom stereocenters. The first-order chi connectivity index (χ1) is 9.91. The summed E-state index contributed by atoms with van der Waals surface area (Å²) in [4.78, 5) is 9.02. The molecule has 0 radical (unpaired) electrons. The molecule has 1 aromatic heterocycles. The summed E-state index contributed by atoms with van der Waals surface area (Å²) in [6.45, 7) is 11.1. The molecule has 5 heteroatoms. The predicted octanol–water partition coefficient (Wildman–Crippen LogP) is 3.56. The Morgan fingerprint density at radius 1 is 1.24 bits per heavy atom. The van der Waals surface area contributed by atoms with Crippen LogP contribution in [0.15, 0.2) is 5.16 Å². The monoisotopic (exact) mass is 306 g/mol. The standard InChI is InChI=1S/C16H26N4S/c1-6-9-18-16(5,11-17)8-7-10-21-15-19-13(3)12(2)14(4)20-15/h18H,6-10H2,1-5H3. The van der Waals surface area contributed by atoms with E-state index in [9.17, 15) is 5.26 Å². The van der Waals surface area contributed by atoms with Gasteiger partial charge in [-0.15, -0.1) is 0 Å². The molecule has 1 N–H and O–H groups in total. The van der Waals surface area contributed by atoms with Gasteiger partial charge in [0.25, 0.3) is 0 Å². The molecule has 1 rings (SSSR count). The van der Waals surface area contributed by atoms with Gasteiger partial charge in [0, 0.05) is 17.1 Å². The number of nitrogens with one attached hydrogen (secondary N) is 1. The molecule has 1 aromatic rings. The van der Waals surface area contributed by atoms with Crippen molar-refractivity contribution in [1.82, 2.24) is 15.3 Å². The zero-order valence-corrected chi connectivity index (χ0v) is 14.6. The van der Waals surface area contributed by atoms with Gasteiger partial charge in [-0.3, -0.25) is 5.32 Å². The number of nitriles is 1. The van der Waals surface area contributed by atoms with Gasteiger partial charge in [0.15, 0.2) is 5.16 Å². The van der Waals surface area contributed by atoms with Crippen LogP contribution in [0.4, 0.5) is 0 Å². The average Bonchev–Trinajstić information content (AvgIpc) is 2.47. The van der Waals surface area contributed by atoms with Crippen LogP contribution >= 0.6 is 11.8 Å².